The number of aliphatic carboxylic acids is 1. The molecule has 0 saturated heterocycles. The molecule has 0 unspecified atom stereocenters. The fourth-order valence-electron chi connectivity index (χ4n) is 3.62. The van der Waals surface area contributed by atoms with Crippen LogP contribution in [0.4, 0.5) is 0 Å². The third-order valence-electron chi connectivity index (χ3n) is 4.96. The smallest absolute Gasteiger partial charge is 0.147 e. The maximum Gasteiger partial charge on any atom is 0.147 e. The molecular weight excluding hydrogens is 228 g/mol. The van der Waals surface area contributed by atoms with E-state index in [1.165, 1.54) is 0 Å². The first-order valence-electron chi connectivity index (χ1n) is 7.32. The fourth-order valence-corrected chi connectivity index (χ4v) is 3.62. The number of carboxylic acid groups (broad SMARTS) is 1. The van der Waals surface area contributed by atoms with Crippen molar-refractivity contribution in [3.05, 3.63) is 0 Å². The van der Waals surface area contributed by atoms with Gasteiger partial charge in [-0.15, -0.1) is 0 Å². The third-order valence-corrected chi connectivity index (χ3v) is 4.96. The Morgan fingerprint density at radius 1 is 1.00 bits per heavy atom. The zero-order valence-electron chi connectivity index (χ0n) is 11.2. The number of hydrogen-bond donors (Lipinski definition) is 0. The first-order chi connectivity index (χ1) is 8.56. The van der Waals surface area contributed by atoms with Crippen LogP contribution in [-0.2, 0) is 9.59 Å². The molecule has 2 aliphatic rings. The van der Waals surface area contributed by atoms with Crippen molar-refractivity contribution in [1.82, 2.24) is 0 Å². The van der Waals surface area contributed by atoms with Crippen molar-refractivity contribution < 1.29 is 14.7 Å². The van der Waals surface area contributed by atoms with Crippen LogP contribution in [0, 0.1) is 17.3 Å². The summed E-state index contributed by atoms with van der Waals surface area (Å²) in [5, 5.41) is 11.5. The monoisotopic (exact) mass is 251 g/mol. The number of Topliss-reactive ketones (excluding diaryl/α,β-unsaturated/α-hetero) is 1. The van der Waals surface area contributed by atoms with E-state index < -0.39 is 11.4 Å². The lowest BCUT2D eigenvalue weighted by Gasteiger charge is -2.40. The zero-order chi connectivity index (χ0) is 13.2. The van der Waals surface area contributed by atoms with Gasteiger partial charge in [0.15, 0.2) is 0 Å². The molecule has 3 nitrogen and oxygen atoms in total. The lowest BCUT2D eigenvalue weighted by molar-refractivity contribution is -0.318. The fraction of sp³-hybridized carbons (Fsp3) is 0.867. The van der Waals surface area contributed by atoms with Crippen molar-refractivity contribution in [1.29, 1.82) is 0 Å². The molecule has 0 amide bonds. The summed E-state index contributed by atoms with van der Waals surface area (Å²) in [6.45, 7) is 2.20. The molecule has 102 valence electrons. The van der Waals surface area contributed by atoms with Gasteiger partial charge in [0.25, 0.3) is 0 Å². The molecule has 0 heterocycles. The van der Waals surface area contributed by atoms with Gasteiger partial charge in [-0.2, -0.15) is 0 Å². The minimum Gasteiger partial charge on any atom is -0.549 e. The Labute approximate surface area is 109 Å². The molecule has 2 fully saturated rings. The highest BCUT2D eigenvalue weighted by molar-refractivity contribution is 6.03. The van der Waals surface area contributed by atoms with Crippen LogP contribution in [0.5, 0.6) is 0 Å². The molecule has 2 saturated carbocycles. The maximum absolute atomic E-state index is 12.6. The topological polar surface area (TPSA) is 57.2 Å². The van der Waals surface area contributed by atoms with Crippen molar-refractivity contribution >= 4 is 11.8 Å². The molecule has 0 aromatic rings. The van der Waals surface area contributed by atoms with E-state index in [1.807, 2.05) is 0 Å². The average molecular weight is 251 g/mol. The Balaban J connectivity index is 2.11. The van der Waals surface area contributed by atoms with Gasteiger partial charge in [0.2, 0.25) is 0 Å². The van der Waals surface area contributed by atoms with Crippen molar-refractivity contribution in [2.75, 3.05) is 0 Å². The summed E-state index contributed by atoms with van der Waals surface area (Å²) >= 11 is 0. The van der Waals surface area contributed by atoms with Crippen molar-refractivity contribution in [3.63, 3.8) is 0 Å². The second kappa shape index (κ2) is 5.41. The second-order valence-corrected chi connectivity index (χ2v) is 6.25. The summed E-state index contributed by atoms with van der Waals surface area (Å²) < 4.78 is 0. The van der Waals surface area contributed by atoms with Gasteiger partial charge < -0.3 is 9.90 Å². The molecule has 0 aromatic heterocycles. The Hall–Kier alpha value is -0.860. The maximum atomic E-state index is 12.6. The van der Waals surface area contributed by atoms with Crippen molar-refractivity contribution in [2.24, 2.45) is 17.3 Å². The van der Waals surface area contributed by atoms with E-state index in [9.17, 15) is 14.7 Å². The summed E-state index contributed by atoms with van der Waals surface area (Å²) in [4.78, 5) is 24.1. The van der Waals surface area contributed by atoms with E-state index in [0.29, 0.717) is 18.8 Å². The Kier molecular flexibility index (Phi) is 4.08. The Bertz CT molecular complexity index is 321. The van der Waals surface area contributed by atoms with E-state index in [-0.39, 0.29) is 11.7 Å². The molecule has 0 bridgehead atoms. The first-order valence-corrected chi connectivity index (χ1v) is 7.32. The molecule has 18 heavy (non-hydrogen) atoms. The van der Waals surface area contributed by atoms with Crippen LogP contribution < -0.4 is 5.11 Å². The van der Waals surface area contributed by atoms with Crippen LogP contribution >= 0.6 is 0 Å². The van der Waals surface area contributed by atoms with Gasteiger partial charge in [0.1, 0.15) is 5.78 Å². The Morgan fingerprint density at radius 2 is 1.56 bits per heavy atom. The van der Waals surface area contributed by atoms with E-state index in [1.54, 1.807) is 0 Å². The molecule has 0 spiro atoms. The van der Waals surface area contributed by atoms with Gasteiger partial charge in [0.05, 0.1) is 11.4 Å². The highest BCUT2D eigenvalue weighted by Crippen LogP contribution is 2.42. The standard InChI is InChI=1S/C15H24O3/c1-11-5-7-12(8-6-11)13(16)15(14(17)18)9-3-2-4-10-15/h11-12H,2-10H2,1H3,(H,17,18)/p-1. The van der Waals surface area contributed by atoms with Gasteiger partial charge in [0, 0.05) is 5.92 Å². The van der Waals surface area contributed by atoms with Crippen LogP contribution in [0.15, 0.2) is 0 Å². The van der Waals surface area contributed by atoms with E-state index >= 15 is 0 Å². The zero-order valence-corrected chi connectivity index (χ0v) is 11.2. The van der Waals surface area contributed by atoms with Crippen LogP contribution in [0.3, 0.4) is 0 Å². The van der Waals surface area contributed by atoms with Gasteiger partial charge in [-0.3, -0.25) is 4.79 Å². The SMILES string of the molecule is CC1CCC(C(=O)C2(C(=O)[O-])CCCCC2)CC1. The van der Waals surface area contributed by atoms with E-state index in [0.717, 1.165) is 44.9 Å². The van der Waals surface area contributed by atoms with Crippen molar-refractivity contribution in [3.8, 4) is 0 Å². The van der Waals surface area contributed by atoms with Gasteiger partial charge >= 0.3 is 0 Å². The van der Waals surface area contributed by atoms with E-state index in [2.05, 4.69) is 6.92 Å². The molecule has 0 aliphatic heterocycles. The minimum absolute atomic E-state index is 0.0194. The van der Waals surface area contributed by atoms with Gasteiger partial charge in [-0.25, -0.2) is 0 Å². The number of carboxylic acids is 1. The molecule has 0 radical (unpaired) electrons. The highest BCUT2D eigenvalue weighted by Gasteiger charge is 2.44. The average Bonchev–Trinajstić information content (AvgIpc) is 2.39. The summed E-state index contributed by atoms with van der Waals surface area (Å²) in [7, 11) is 0. The lowest BCUT2D eigenvalue weighted by atomic mass is 9.65. The highest BCUT2D eigenvalue weighted by atomic mass is 16.4. The molecule has 3 heteroatoms. The van der Waals surface area contributed by atoms with Gasteiger partial charge in [-0.1, -0.05) is 39.0 Å². The van der Waals surface area contributed by atoms with Crippen LogP contribution in [0.2, 0.25) is 0 Å². The van der Waals surface area contributed by atoms with Gasteiger partial charge in [-0.05, 0) is 31.6 Å². The Morgan fingerprint density at radius 3 is 2.06 bits per heavy atom. The summed E-state index contributed by atoms with van der Waals surface area (Å²) in [6, 6.07) is 0. The predicted octanol–water partition coefficient (Wildman–Crippen LogP) is 2.08. The van der Waals surface area contributed by atoms with E-state index in [4.69, 9.17) is 0 Å². The van der Waals surface area contributed by atoms with Crippen LogP contribution in [-0.4, -0.2) is 11.8 Å². The quantitative estimate of drug-likeness (QED) is 0.722. The number of ketones is 1. The molecule has 2 rings (SSSR count). The predicted molar refractivity (Wildman–Crippen MR) is 66.7 cm³/mol. The minimum atomic E-state index is -1.15. The largest absolute Gasteiger partial charge is 0.549 e. The van der Waals surface area contributed by atoms with Crippen LogP contribution in [0.1, 0.15) is 64.7 Å². The molecule has 0 atom stereocenters. The molecule has 2 aliphatic carbocycles. The van der Waals surface area contributed by atoms with Crippen molar-refractivity contribution in [2.45, 2.75) is 64.7 Å². The summed E-state index contributed by atoms with van der Waals surface area (Å²) in [6.07, 6.45) is 7.60. The first kappa shape index (κ1) is 13.6. The van der Waals surface area contributed by atoms with Crippen LogP contribution in [0.25, 0.3) is 0 Å². The summed E-state index contributed by atoms with van der Waals surface area (Å²) in [5.41, 5.74) is -1.15. The lowest BCUT2D eigenvalue weighted by Crippen LogP contribution is -2.51. The molecular formula is C15H23O3-. The molecule has 0 N–H and O–H groups in total. The summed E-state index contributed by atoms with van der Waals surface area (Å²) in [5.74, 6) is -0.489. The third kappa shape index (κ3) is 2.45. The number of carbonyl (C=O) groups is 2. The number of hydrogen-bond acceptors (Lipinski definition) is 3. The number of carbonyl (C=O) groups excluding carboxylic acids is 2. The molecule has 0 aromatic carbocycles. The second-order valence-electron chi connectivity index (χ2n) is 6.25. The normalized spacial score (nSPS) is 31.8. The number of rotatable bonds is 3.